The molecular weight excluding hydrogens is 381 g/mol. The fourth-order valence-electron chi connectivity index (χ4n) is 1.84. The minimum atomic E-state index is 0. The fraction of sp³-hybridized carbons (Fsp3) is 0.267. The molecule has 1 heterocycles. The van der Waals surface area contributed by atoms with Crippen molar-refractivity contribution in [1.82, 2.24) is 0 Å². The summed E-state index contributed by atoms with van der Waals surface area (Å²) in [5.41, 5.74) is 7.83. The number of nitrogens with two attached hydrogens (primary N) is 1. The number of methoxy groups -OCH3 is 1. The van der Waals surface area contributed by atoms with E-state index in [1.165, 1.54) is 0 Å². The maximum absolute atomic E-state index is 5.88. The maximum Gasteiger partial charge on any atom is 0.193 e. The number of furan rings is 1. The van der Waals surface area contributed by atoms with E-state index in [2.05, 4.69) is 10.3 Å². The van der Waals surface area contributed by atoms with E-state index >= 15 is 0 Å². The number of benzene rings is 1. The van der Waals surface area contributed by atoms with E-state index in [0.29, 0.717) is 19.1 Å². The van der Waals surface area contributed by atoms with Crippen LogP contribution in [-0.4, -0.2) is 19.6 Å². The van der Waals surface area contributed by atoms with E-state index in [1.54, 1.807) is 13.4 Å². The second kappa shape index (κ2) is 9.41. The minimum absolute atomic E-state index is 0. The second-order valence-corrected chi connectivity index (χ2v) is 4.31. The zero-order chi connectivity index (χ0) is 14.2. The molecule has 0 saturated carbocycles. The SMILES string of the molecule is COCc1ccccc1NC(N)=NCCc1ccco1.I. The van der Waals surface area contributed by atoms with Crippen LogP contribution in [-0.2, 0) is 17.8 Å². The number of hydrogen-bond donors (Lipinski definition) is 2. The van der Waals surface area contributed by atoms with Crippen LogP contribution in [0.15, 0.2) is 52.1 Å². The first kappa shape index (κ1) is 17.5. The van der Waals surface area contributed by atoms with Gasteiger partial charge in [-0.3, -0.25) is 4.99 Å². The van der Waals surface area contributed by atoms with E-state index in [-0.39, 0.29) is 24.0 Å². The predicted molar refractivity (Wildman–Crippen MR) is 95.1 cm³/mol. The summed E-state index contributed by atoms with van der Waals surface area (Å²) in [5.74, 6) is 1.29. The summed E-state index contributed by atoms with van der Waals surface area (Å²) in [7, 11) is 1.66. The smallest absolute Gasteiger partial charge is 0.193 e. The standard InChI is InChI=1S/C15H19N3O2.HI/c1-19-11-12-5-2-3-7-14(12)18-15(16)17-9-8-13-6-4-10-20-13;/h2-7,10H,8-9,11H2,1H3,(H3,16,17,18);1H. The quantitative estimate of drug-likeness (QED) is 0.444. The third-order valence-electron chi connectivity index (χ3n) is 2.80. The number of halogens is 1. The van der Waals surface area contributed by atoms with Crippen molar-refractivity contribution < 1.29 is 9.15 Å². The summed E-state index contributed by atoms with van der Waals surface area (Å²) in [6, 6.07) is 11.6. The molecule has 0 saturated heterocycles. The molecular formula is C15H20IN3O2. The number of nitrogens with zero attached hydrogens (tertiary/aromatic N) is 1. The Bertz CT molecular complexity index is 556. The average Bonchev–Trinajstić information content (AvgIpc) is 2.94. The van der Waals surface area contributed by atoms with Gasteiger partial charge >= 0.3 is 0 Å². The first-order chi connectivity index (χ1) is 9.79. The van der Waals surface area contributed by atoms with Crippen LogP contribution in [0, 0.1) is 0 Å². The van der Waals surface area contributed by atoms with Gasteiger partial charge in [0.25, 0.3) is 0 Å². The Hall–Kier alpha value is -1.54. The monoisotopic (exact) mass is 401 g/mol. The Labute approximate surface area is 141 Å². The van der Waals surface area contributed by atoms with Gasteiger partial charge in [-0.15, -0.1) is 24.0 Å². The van der Waals surface area contributed by atoms with Gasteiger partial charge in [0.15, 0.2) is 5.96 Å². The molecule has 0 spiro atoms. The summed E-state index contributed by atoms with van der Waals surface area (Å²) in [5, 5.41) is 3.09. The zero-order valence-electron chi connectivity index (χ0n) is 11.9. The second-order valence-electron chi connectivity index (χ2n) is 4.31. The highest BCUT2D eigenvalue weighted by Crippen LogP contribution is 2.15. The molecule has 3 N–H and O–H groups in total. The van der Waals surface area contributed by atoms with Crippen molar-refractivity contribution >= 4 is 35.6 Å². The van der Waals surface area contributed by atoms with Crippen molar-refractivity contribution in [2.24, 2.45) is 10.7 Å². The molecule has 0 atom stereocenters. The van der Waals surface area contributed by atoms with Crippen LogP contribution in [0.1, 0.15) is 11.3 Å². The highest BCUT2D eigenvalue weighted by Gasteiger charge is 2.02. The Morgan fingerprint density at radius 1 is 1.29 bits per heavy atom. The zero-order valence-corrected chi connectivity index (χ0v) is 14.2. The van der Waals surface area contributed by atoms with Crippen molar-refractivity contribution in [3.8, 4) is 0 Å². The van der Waals surface area contributed by atoms with Crippen molar-refractivity contribution in [2.45, 2.75) is 13.0 Å². The number of rotatable bonds is 6. The van der Waals surface area contributed by atoms with Gasteiger partial charge in [-0.25, -0.2) is 0 Å². The first-order valence-corrected chi connectivity index (χ1v) is 6.46. The molecule has 2 aromatic rings. The number of nitrogens with one attached hydrogen (secondary N) is 1. The molecule has 0 radical (unpaired) electrons. The minimum Gasteiger partial charge on any atom is -0.469 e. The largest absolute Gasteiger partial charge is 0.469 e. The van der Waals surface area contributed by atoms with Gasteiger partial charge in [-0.05, 0) is 18.2 Å². The number of guanidine groups is 1. The van der Waals surface area contributed by atoms with Gasteiger partial charge < -0.3 is 20.2 Å². The summed E-state index contributed by atoms with van der Waals surface area (Å²) >= 11 is 0. The Morgan fingerprint density at radius 2 is 2.10 bits per heavy atom. The molecule has 0 aliphatic carbocycles. The molecule has 0 aliphatic rings. The molecule has 0 unspecified atom stereocenters. The lowest BCUT2D eigenvalue weighted by molar-refractivity contribution is 0.185. The molecule has 1 aromatic carbocycles. The summed E-state index contributed by atoms with van der Waals surface area (Å²) < 4.78 is 10.4. The van der Waals surface area contributed by atoms with Crippen molar-refractivity contribution in [2.75, 3.05) is 19.0 Å². The van der Waals surface area contributed by atoms with E-state index < -0.39 is 0 Å². The lowest BCUT2D eigenvalue weighted by atomic mass is 10.2. The van der Waals surface area contributed by atoms with Gasteiger partial charge in [0.2, 0.25) is 0 Å². The summed E-state index contributed by atoms with van der Waals surface area (Å²) in [6.45, 7) is 1.11. The van der Waals surface area contributed by atoms with E-state index in [4.69, 9.17) is 14.9 Å². The highest BCUT2D eigenvalue weighted by molar-refractivity contribution is 14.0. The van der Waals surface area contributed by atoms with Gasteiger partial charge in [0.1, 0.15) is 5.76 Å². The molecule has 21 heavy (non-hydrogen) atoms. The topological polar surface area (TPSA) is 72.8 Å². The third kappa shape index (κ3) is 5.76. The molecule has 1 aromatic heterocycles. The average molecular weight is 401 g/mol. The van der Waals surface area contributed by atoms with Gasteiger partial charge in [-0.2, -0.15) is 0 Å². The maximum atomic E-state index is 5.88. The van der Waals surface area contributed by atoms with Crippen molar-refractivity contribution in [1.29, 1.82) is 0 Å². The molecule has 5 nitrogen and oxygen atoms in total. The third-order valence-corrected chi connectivity index (χ3v) is 2.80. The molecule has 114 valence electrons. The van der Waals surface area contributed by atoms with Gasteiger partial charge in [0.05, 0.1) is 12.9 Å². The lowest BCUT2D eigenvalue weighted by Crippen LogP contribution is -2.23. The van der Waals surface area contributed by atoms with Crippen LogP contribution in [0.3, 0.4) is 0 Å². The number of aliphatic imine (C=N–C) groups is 1. The molecule has 0 aliphatic heterocycles. The van der Waals surface area contributed by atoms with Crippen molar-refractivity contribution in [3.05, 3.63) is 54.0 Å². The molecule has 6 heteroatoms. The van der Waals surface area contributed by atoms with Crippen molar-refractivity contribution in [3.63, 3.8) is 0 Å². The summed E-state index contributed by atoms with van der Waals surface area (Å²) in [4.78, 5) is 4.28. The van der Waals surface area contributed by atoms with E-state index in [9.17, 15) is 0 Å². The number of ether oxygens (including phenoxy) is 1. The molecule has 0 bridgehead atoms. The van der Waals surface area contributed by atoms with E-state index in [1.807, 2.05) is 36.4 Å². The van der Waals surface area contributed by atoms with Crippen LogP contribution in [0.4, 0.5) is 5.69 Å². The first-order valence-electron chi connectivity index (χ1n) is 6.46. The molecule has 0 amide bonds. The normalized spacial score (nSPS) is 11.0. The van der Waals surface area contributed by atoms with Crippen LogP contribution in [0.25, 0.3) is 0 Å². The molecule has 0 fully saturated rings. The Kier molecular flexibility index (Phi) is 7.84. The molecule has 2 rings (SSSR count). The predicted octanol–water partition coefficient (Wildman–Crippen LogP) is 3.01. The Morgan fingerprint density at radius 3 is 2.81 bits per heavy atom. The van der Waals surface area contributed by atoms with Crippen LogP contribution < -0.4 is 11.1 Å². The van der Waals surface area contributed by atoms with E-state index in [0.717, 1.165) is 23.4 Å². The van der Waals surface area contributed by atoms with Crippen LogP contribution in [0.2, 0.25) is 0 Å². The van der Waals surface area contributed by atoms with Gasteiger partial charge in [-0.1, -0.05) is 18.2 Å². The number of anilines is 1. The Balaban J connectivity index is 0.00000220. The van der Waals surface area contributed by atoms with Crippen LogP contribution in [0.5, 0.6) is 0 Å². The van der Waals surface area contributed by atoms with Crippen LogP contribution >= 0.6 is 24.0 Å². The highest BCUT2D eigenvalue weighted by atomic mass is 127. The lowest BCUT2D eigenvalue weighted by Gasteiger charge is -2.10. The number of hydrogen-bond acceptors (Lipinski definition) is 3. The summed E-state index contributed by atoms with van der Waals surface area (Å²) in [6.07, 6.45) is 2.39. The number of para-hydroxylation sites is 1. The van der Waals surface area contributed by atoms with Gasteiger partial charge in [0, 0.05) is 31.3 Å². The fourth-order valence-corrected chi connectivity index (χ4v) is 1.84.